The number of halogens is 1. The maximum atomic E-state index is 6.04. The second-order valence-electron chi connectivity index (χ2n) is 7.35. The molecule has 1 aromatic rings. The molecule has 0 atom stereocenters. The SMILES string of the molecule is CN(CCCN=C(N)Nc1ccc2c(c1)CCC2)C1CCCCC1.I. The van der Waals surface area contributed by atoms with Crippen molar-refractivity contribution in [2.75, 3.05) is 25.5 Å². The van der Waals surface area contributed by atoms with E-state index >= 15 is 0 Å². The third-order valence-corrected chi connectivity index (χ3v) is 5.52. The van der Waals surface area contributed by atoms with Gasteiger partial charge in [-0.25, -0.2) is 0 Å². The van der Waals surface area contributed by atoms with Crippen molar-refractivity contribution in [2.45, 2.75) is 63.8 Å². The number of anilines is 1. The molecule has 25 heavy (non-hydrogen) atoms. The normalized spacial score (nSPS) is 18.1. The number of hydrogen-bond acceptors (Lipinski definition) is 2. The Kier molecular flexibility index (Phi) is 8.49. The zero-order valence-corrected chi connectivity index (χ0v) is 17.8. The van der Waals surface area contributed by atoms with Crippen LogP contribution in [0.3, 0.4) is 0 Å². The molecule has 0 spiro atoms. The van der Waals surface area contributed by atoms with Crippen molar-refractivity contribution in [3.05, 3.63) is 29.3 Å². The van der Waals surface area contributed by atoms with Crippen molar-refractivity contribution in [2.24, 2.45) is 10.7 Å². The number of nitrogens with two attached hydrogens (primary N) is 1. The molecule has 1 saturated carbocycles. The molecule has 0 aliphatic heterocycles. The molecule has 2 aliphatic rings. The zero-order valence-electron chi connectivity index (χ0n) is 15.5. The smallest absolute Gasteiger partial charge is 0.193 e. The van der Waals surface area contributed by atoms with Gasteiger partial charge in [0, 0.05) is 18.3 Å². The Morgan fingerprint density at radius 2 is 1.92 bits per heavy atom. The minimum Gasteiger partial charge on any atom is -0.370 e. The van der Waals surface area contributed by atoms with E-state index in [-0.39, 0.29) is 24.0 Å². The Morgan fingerprint density at radius 1 is 1.16 bits per heavy atom. The summed E-state index contributed by atoms with van der Waals surface area (Å²) in [5, 5.41) is 3.24. The first-order chi connectivity index (χ1) is 11.7. The number of rotatable bonds is 6. The van der Waals surface area contributed by atoms with Crippen molar-refractivity contribution in [3.63, 3.8) is 0 Å². The summed E-state index contributed by atoms with van der Waals surface area (Å²) in [6, 6.07) is 7.34. The van der Waals surface area contributed by atoms with Crippen LogP contribution in [0.1, 0.15) is 56.1 Å². The summed E-state index contributed by atoms with van der Waals surface area (Å²) in [6.07, 6.45) is 11.7. The van der Waals surface area contributed by atoms with E-state index in [0.29, 0.717) is 5.96 Å². The van der Waals surface area contributed by atoms with Crippen LogP contribution in [0.2, 0.25) is 0 Å². The van der Waals surface area contributed by atoms with Crippen molar-refractivity contribution >= 4 is 35.6 Å². The summed E-state index contributed by atoms with van der Waals surface area (Å²) >= 11 is 0. The number of nitrogens with one attached hydrogen (secondary N) is 1. The summed E-state index contributed by atoms with van der Waals surface area (Å²) in [7, 11) is 2.26. The lowest BCUT2D eigenvalue weighted by molar-refractivity contribution is 0.191. The molecule has 0 unspecified atom stereocenters. The summed E-state index contributed by atoms with van der Waals surface area (Å²) < 4.78 is 0. The van der Waals surface area contributed by atoms with E-state index in [2.05, 4.69) is 40.5 Å². The van der Waals surface area contributed by atoms with Gasteiger partial charge in [0.1, 0.15) is 0 Å². The van der Waals surface area contributed by atoms with Crippen LogP contribution in [0.15, 0.2) is 23.2 Å². The average molecular weight is 456 g/mol. The first kappa shape index (κ1) is 20.5. The first-order valence-corrected chi connectivity index (χ1v) is 9.61. The second kappa shape index (κ2) is 10.4. The molecular formula is C20H33IN4. The maximum absolute atomic E-state index is 6.04. The molecule has 0 radical (unpaired) electrons. The molecule has 0 amide bonds. The van der Waals surface area contributed by atoms with Gasteiger partial charge >= 0.3 is 0 Å². The van der Waals surface area contributed by atoms with Gasteiger partial charge in [0.2, 0.25) is 0 Å². The molecule has 0 saturated heterocycles. The molecule has 0 bridgehead atoms. The number of benzene rings is 1. The number of fused-ring (bicyclic) bond motifs is 1. The minimum atomic E-state index is 0. The summed E-state index contributed by atoms with van der Waals surface area (Å²) in [6.45, 7) is 1.90. The van der Waals surface area contributed by atoms with E-state index in [4.69, 9.17) is 5.73 Å². The predicted molar refractivity (Wildman–Crippen MR) is 118 cm³/mol. The van der Waals surface area contributed by atoms with E-state index in [0.717, 1.165) is 31.2 Å². The average Bonchev–Trinajstić information content (AvgIpc) is 3.07. The van der Waals surface area contributed by atoms with Crippen LogP contribution in [0, 0.1) is 0 Å². The Labute approximate surface area is 169 Å². The molecular weight excluding hydrogens is 423 g/mol. The van der Waals surface area contributed by atoms with Crippen LogP contribution < -0.4 is 11.1 Å². The van der Waals surface area contributed by atoms with Gasteiger partial charge in [0.15, 0.2) is 5.96 Å². The molecule has 1 fully saturated rings. The lowest BCUT2D eigenvalue weighted by Gasteiger charge is -2.30. The predicted octanol–water partition coefficient (Wildman–Crippen LogP) is 4.17. The molecule has 0 heterocycles. The topological polar surface area (TPSA) is 53.6 Å². The lowest BCUT2D eigenvalue weighted by Crippen LogP contribution is -2.34. The monoisotopic (exact) mass is 456 g/mol. The van der Waals surface area contributed by atoms with Crippen molar-refractivity contribution < 1.29 is 0 Å². The highest BCUT2D eigenvalue weighted by molar-refractivity contribution is 14.0. The van der Waals surface area contributed by atoms with Crippen molar-refractivity contribution in [1.82, 2.24) is 4.90 Å². The van der Waals surface area contributed by atoms with E-state index in [1.165, 1.54) is 62.5 Å². The molecule has 140 valence electrons. The molecule has 0 aromatic heterocycles. The Hall–Kier alpha value is -0.820. The Bertz CT molecular complexity index is 567. The number of hydrogen-bond donors (Lipinski definition) is 2. The van der Waals surface area contributed by atoms with Gasteiger partial charge < -0.3 is 16.0 Å². The molecule has 4 nitrogen and oxygen atoms in total. The van der Waals surface area contributed by atoms with Crippen LogP contribution in [0.4, 0.5) is 5.69 Å². The van der Waals surface area contributed by atoms with E-state index in [9.17, 15) is 0 Å². The van der Waals surface area contributed by atoms with E-state index in [1.54, 1.807) is 0 Å². The van der Waals surface area contributed by atoms with E-state index in [1.807, 2.05) is 0 Å². The second-order valence-corrected chi connectivity index (χ2v) is 7.35. The number of nitrogens with zero attached hydrogens (tertiary/aromatic N) is 2. The Balaban J connectivity index is 0.00000225. The highest BCUT2D eigenvalue weighted by Gasteiger charge is 2.17. The standard InChI is InChI=1S/C20H32N4.HI/c1-24(19-9-3-2-4-10-19)14-6-13-22-20(21)23-18-12-11-16-7-5-8-17(16)15-18;/h11-12,15,19H,2-10,13-14H2,1H3,(H3,21,22,23);1H. The van der Waals surface area contributed by atoms with Gasteiger partial charge in [-0.1, -0.05) is 25.3 Å². The minimum absolute atomic E-state index is 0. The van der Waals surface area contributed by atoms with Gasteiger partial charge in [-0.05, 0) is 75.4 Å². The van der Waals surface area contributed by atoms with Crippen LogP contribution in [0.5, 0.6) is 0 Å². The largest absolute Gasteiger partial charge is 0.370 e. The zero-order chi connectivity index (χ0) is 16.8. The van der Waals surface area contributed by atoms with Crippen molar-refractivity contribution in [1.29, 1.82) is 0 Å². The summed E-state index contributed by atoms with van der Waals surface area (Å²) in [5.41, 5.74) is 10.0. The fraction of sp³-hybridized carbons (Fsp3) is 0.650. The summed E-state index contributed by atoms with van der Waals surface area (Å²) in [5.74, 6) is 0.535. The summed E-state index contributed by atoms with van der Waals surface area (Å²) in [4.78, 5) is 7.00. The van der Waals surface area contributed by atoms with Gasteiger partial charge in [-0.2, -0.15) is 0 Å². The van der Waals surface area contributed by atoms with Crippen molar-refractivity contribution in [3.8, 4) is 0 Å². The first-order valence-electron chi connectivity index (χ1n) is 9.61. The molecule has 1 aromatic carbocycles. The fourth-order valence-electron chi connectivity index (χ4n) is 4.06. The fourth-order valence-corrected chi connectivity index (χ4v) is 4.06. The highest BCUT2D eigenvalue weighted by atomic mass is 127. The third-order valence-electron chi connectivity index (χ3n) is 5.52. The lowest BCUT2D eigenvalue weighted by atomic mass is 9.94. The van der Waals surface area contributed by atoms with Crippen LogP contribution >= 0.6 is 24.0 Å². The number of aliphatic imine (C=N–C) groups is 1. The maximum Gasteiger partial charge on any atom is 0.193 e. The van der Waals surface area contributed by atoms with Crippen LogP contribution in [-0.4, -0.2) is 37.0 Å². The third kappa shape index (κ3) is 6.13. The van der Waals surface area contributed by atoms with Gasteiger partial charge in [0.05, 0.1) is 0 Å². The Morgan fingerprint density at radius 3 is 2.72 bits per heavy atom. The van der Waals surface area contributed by atoms with Crippen LogP contribution in [0.25, 0.3) is 0 Å². The number of guanidine groups is 1. The molecule has 3 N–H and O–H groups in total. The van der Waals surface area contributed by atoms with Gasteiger partial charge in [-0.3, -0.25) is 4.99 Å². The highest BCUT2D eigenvalue weighted by Crippen LogP contribution is 2.24. The van der Waals surface area contributed by atoms with E-state index < -0.39 is 0 Å². The number of aryl methyl sites for hydroxylation is 2. The van der Waals surface area contributed by atoms with Crippen LogP contribution in [-0.2, 0) is 12.8 Å². The molecule has 5 heteroatoms. The van der Waals surface area contributed by atoms with Gasteiger partial charge in [0.25, 0.3) is 0 Å². The molecule has 2 aliphatic carbocycles. The van der Waals surface area contributed by atoms with Gasteiger partial charge in [-0.15, -0.1) is 24.0 Å². The quantitative estimate of drug-likeness (QED) is 0.292. The molecule has 3 rings (SSSR count).